The van der Waals surface area contributed by atoms with Gasteiger partial charge in [-0.05, 0) is 30.3 Å². The highest BCUT2D eigenvalue weighted by atomic mass is 16.6. The Balaban J connectivity index is 1.66. The Labute approximate surface area is 165 Å². The molecular weight excluding hydrogens is 372 g/mol. The molecule has 0 spiro atoms. The second-order valence-electron chi connectivity index (χ2n) is 6.18. The van der Waals surface area contributed by atoms with Crippen LogP contribution in [0.15, 0.2) is 83.8 Å². The van der Waals surface area contributed by atoms with E-state index in [2.05, 4.69) is 10.3 Å². The Morgan fingerprint density at radius 2 is 1.72 bits per heavy atom. The van der Waals surface area contributed by atoms with E-state index in [0.29, 0.717) is 17.1 Å². The van der Waals surface area contributed by atoms with Gasteiger partial charge in [0.15, 0.2) is 0 Å². The van der Waals surface area contributed by atoms with Crippen molar-refractivity contribution in [2.24, 2.45) is 0 Å². The van der Waals surface area contributed by atoms with Crippen LogP contribution in [0.3, 0.4) is 0 Å². The average Bonchev–Trinajstić information content (AvgIpc) is 2.73. The van der Waals surface area contributed by atoms with E-state index >= 15 is 0 Å². The maximum Gasteiger partial charge on any atom is 0.376 e. The number of para-hydroxylation sites is 2. The number of nitro groups is 1. The quantitative estimate of drug-likeness (QED) is 0.396. The number of hydrogen-bond acceptors (Lipinski definition) is 6. The highest BCUT2D eigenvalue weighted by molar-refractivity contribution is 5.60. The summed E-state index contributed by atoms with van der Waals surface area (Å²) in [5.41, 5.74) is -0.257. The number of hydrogen-bond donors (Lipinski definition) is 1. The van der Waals surface area contributed by atoms with Gasteiger partial charge in [-0.15, -0.1) is 0 Å². The van der Waals surface area contributed by atoms with Gasteiger partial charge in [-0.25, -0.2) is 4.98 Å². The second-order valence-corrected chi connectivity index (χ2v) is 6.18. The predicted octanol–water partition coefficient (Wildman–Crippen LogP) is 4.01. The molecule has 144 valence electrons. The molecule has 0 fully saturated rings. The zero-order valence-corrected chi connectivity index (χ0v) is 15.2. The first-order valence-corrected chi connectivity index (χ1v) is 8.84. The van der Waals surface area contributed by atoms with Gasteiger partial charge in [0.25, 0.3) is 0 Å². The van der Waals surface area contributed by atoms with Crippen LogP contribution in [0.4, 0.5) is 11.5 Å². The van der Waals surface area contributed by atoms with Crippen LogP contribution >= 0.6 is 0 Å². The Morgan fingerprint density at radius 1 is 1.00 bits per heavy atom. The van der Waals surface area contributed by atoms with Crippen molar-refractivity contribution in [2.75, 3.05) is 5.32 Å². The Bertz CT molecular complexity index is 1240. The molecule has 4 aromatic rings. The van der Waals surface area contributed by atoms with Crippen LogP contribution in [0.5, 0.6) is 11.5 Å². The van der Waals surface area contributed by atoms with Gasteiger partial charge < -0.3 is 10.1 Å². The van der Waals surface area contributed by atoms with Crippen molar-refractivity contribution < 1.29 is 9.66 Å². The third-order valence-electron chi connectivity index (χ3n) is 4.28. The molecule has 29 heavy (non-hydrogen) atoms. The van der Waals surface area contributed by atoms with Crippen molar-refractivity contribution in [3.63, 3.8) is 0 Å². The normalized spacial score (nSPS) is 10.6. The van der Waals surface area contributed by atoms with E-state index in [1.807, 2.05) is 48.5 Å². The van der Waals surface area contributed by atoms with Gasteiger partial charge >= 0.3 is 11.2 Å². The van der Waals surface area contributed by atoms with Crippen LogP contribution in [-0.4, -0.2) is 14.3 Å². The van der Waals surface area contributed by atoms with Crippen LogP contribution < -0.4 is 15.6 Å². The van der Waals surface area contributed by atoms with Gasteiger partial charge in [-0.2, -0.15) is 0 Å². The Hall–Kier alpha value is -4.20. The van der Waals surface area contributed by atoms with Crippen LogP contribution in [0.2, 0.25) is 0 Å². The molecule has 4 rings (SSSR count). The maximum atomic E-state index is 12.5. The minimum Gasteiger partial charge on any atom is -0.457 e. The highest BCUT2D eigenvalue weighted by Gasteiger charge is 2.23. The third-order valence-corrected chi connectivity index (χ3v) is 4.28. The van der Waals surface area contributed by atoms with E-state index in [0.717, 1.165) is 9.96 Å². The first kappa shape index (κ1) is 18.2. The predicted molar refractivity (Wildman–Crippen MR) is 108 cm³/mol. The molecule has 0 bridgehead atoms. The zero-order valence-electron chi connectivity index (χ0n) is 15.2. The second kappa shape index (κ2) is 7.81. The molecule has 0 aliphatic heterocycles. The summed E-state index contributed by atoms with van der Waals surface area (Å²) in [6, 6.07) is 21.6. The SMILES string of the molecule is O=c1c([N+](=O)[O-])c(NCc2ccccc2Oc2ccccc2)nc2ccccn12. The minimum absolute atomic E-state index is 0.0827. The maximum absolute atomic E-state index is 12.5. The summed E-state index contributed by atoms with van der Waals surface area (Å²) < 4.78 is 7.06. The number of nitrogens with zero attached hydrogens (tertiary/aromatic N) is 3. The fourth-order valence-corrected chi connectivity index (χ4v) is 2.91. The van der Waals surface area contributed by atoms with Crippen molar-refractivity contribution >= 4 is 17.2 Å². The number of rotatable bonds is 6. The van der Waals surface area contributed by atoms with Crippen molar-refractivity contribution in [1.29, 1.82) is 0 Å². The van der Waals surface area contributed by atoms with E-state index in [1.165, 1.54) is 6.20 Å². The van der Waals surface area contributed by atoms with Crippen LogP contribution in [0.25, 0.3) is 5.65 Å². The molecule has 8 nitrogen and oxygen atoms in total. The summed E-state index contributed by atoms with van der Waals surface area (Å²) in [6.45, 7) is 0.194. The van der Waals surface area contributed by atoms with Gasteiger partial charge in [0.1, 0.15) is 17.1 Å². The zero-order chi connectivity index (χ0) is 20.2. The average molecular weight is 388 g/mol. The van der Waals surface area contributed by atoms with E-state index in [1.54, 1.807) is 24.3 Å². The first-order chi connectivity index (χ1) is 14.1. The molecule has 0 aliphatic carbocycles. The first-order valence-electron chi connectivity index (χ1n) is 8.84. The number of ether oxygens (including phenoxy) is 1. The van der Waals surface area contributed by atoms with E-state index in [-0.39, 0.29) is 12.4 Å². The van der Waals surface area contributed by atoms with Gasteiger partial charge in [0.2, 0.25) is 5.82 Å². The van der Waals surface area contributed by atoms with E-state index in [4.69, 9.17) is 4.74 Å². The number of anilines is 1. The van der Waals surface area contributed by atoms with E-state index < -0.39 is 16.2 Å². The monoisotopic (exact) mass is 388 g/mol. The third kappa shape index (κ3) is 3.77. The molecule has 0 aliphatic rings. The fourth-order valence-electron chi connectivity index (χ4n) is 2.91. The number of nitrogens with one attached hydrogen (secondary N) is 1. The van der Waals surface area contributed by atoms with E-state index in [9.17, 15) is 14.9 Å². The molecule has 2 aromatic heterocycles. The van der Waals surface area contributed by atoms with Gasteiger partial charge in [0.05, 0.1) is 4.92 Å². The lowest BCUT2D eigenvalue weighted by atomic mass is 10.2. The molecule has 0 amide bonds. The summed E-state index contributed by atoms with van der Waals surface area (Å²) in [4.78, 5) is 27.6. The number of aromatic nitrogens is 2. The summed E-state index contributed by atoms with van der Waals surface area (Å²) in [5.74, 6) is 1.19. The van der Waals surface area contributed by atoms with Crippen LogP contribution in [0.1, 0.15) is 5.56 Å². The molecular formula is C21H16N4O4. The van der Waals surface area contributed by atoms with Crippen LogP contribution in [-0.2, 0) is 6.54 Å². The van der Waals surface area contributed by atoms with Gasteiger partial charge in [0, 0.05) is 18.3 Å². The van der Waals surface area contributed by atoms with Crippen molar-refractivity contribution in [3.05, 3.63) is 105 Å². The highest BCUT2D eigenvalue weighted by Crippen LogP contribution is 2.26. The lowest BCUT2D eigenvalue weighted by Crippen LogP contribution is -2.21. The molecule has 2 aromatic carbocycles. The lowest BCUT2D eigenvalue weighted by Gasteiger charge is -2.12. The minimum atomic E-state index is -0.739. The molecule has 0 unspecified atom stereocenters. The molecule has 2 heterocycles. The standard InChI is InChI=1S/C21H16N4O4/c26-21-19(25(27)28)20(23-18-12-6-7-13-24(18)21)22-14-15-8-4-5-11-17(15)29-16-9-2-1-3-10-16/h1-13,22H,14H2. The molecule has 1 N–H and O–H groups in total. The van der Waals surface area contributed by atoms with Crippen LogP contribution in [0, 0.1) is 10.1 Å². The largest absolute Gasteiger partial charge is 0.457 e. The number of fused-ring (bicyclic) bond motifs is 1. The Kier molecular flexibility index (Phi) is 4.90. The summed E-state index contributed by atoms with van der Waals surface area (Å²) in [7, 11) is 0. The number of benzene rings is 2. The summed E-state index contributed by atoms with van der Waals surface area (Å²) in [5, 5.41) is 14.4. The van der Waals surface area contributed by atoms with Gasteiger partial charge in [-0.3, -0.25) is 19.3 Å². The van der Waals surface area contributed by atoms with Crippen molar-refractivity contribution in [2.45, 2.75) is 6.54 Å². The molecule has 0 saturated heterocycles. The molecule has 0 saturated carbocycles. The molecule has 0 atom stereocenters. The smallest absolute Gasteiger partial charge is 0.376 e. The Morgan fingerprint density at radius 3 is 2.52 bits per heavy atom. The van der Waals surface area contributed by atoms with Crippen molar-refractivity contribution in [3.8, 4) is 11.5 Å². The topological polar surface area (TPSA) is 98.8 Å². The molecule has 8 heteroatoms. The molecule has 0 radical (unpaired) electrons. The summed E-state index contributed by atoms with van der Waals surface area (Å²) in [6.07, 6.45) is 1.45. The fraction of sp³-hybridized carbons (Fsp3) is 0.0476. The summed E-state index contributed by atoms with van der Waals surface area (Å²) >= 11 is 0. The number of pyridine rings is 1. The van der Waals surface area contributed by atoms with Crippen molar-refractivity contribution in [1.82, 2.24) is 9.38 Å². The lowest BCUT2D eigenvalue weighted by molar-refractivity contribution is -0.385. The van der Waals surface area contributed by atoms with Gasteiger partial charge in [-0.1, -0.05) is 42.5 Å².